The number of benzene rings is 2. The summed E-state index contributed by atoms with van der Waals surface area (Å²) in [5.74, 6) is 0.469. The van der Waals surface area contributed by atoms with Crippen LogP contribution in [-0.2, 0) is 11.3 Å². The third kappa shape index (κ3) is 4.90. The van der Waals surface area contributed by atoms with Crippen LogP contribution in [0.1, 0.15) is 5.56 Å². The van der Waals surface area contributed by atoms with Gasteiger partial charge in [-0.3, -0.25) is 4.79 Å². The van der Waals surface area contributed by atoms with Crippen LogP contribution in [0.25, 0.3) is 0 Å². The number of rotatable bonds is 5. The number of carbonyl (C=O) groups excluding carboxylic acids is 1. The van der Waals surface area contributed by atoms with Crippen molar-refractivity contribution >= 4 is 23.2 Å². The molecule has 1 saturated heterocycles. The highest BCUT2D eigenvalue weighted by Crippen LogP contribution is 2.19. The van der Waals surface area contributed by atoms with Gasteiger partial charge >= 0.3 is 0 Å². The maximum absolute atomic E-state index is 12.6. The summed E-state index contributed by atoms with van der Waals surface area (Å²) in [6.07, 6.45) is 0. The van der Waals surface area contributed by atoms with Gasteiger partial charge in [0, 0.05) is 42.5 Å². The first-order valence-corrected chi connectivity index (χ1v) is 9.26. The first-order valence-electron chi connectivity index (χ1n) is 8.89. The fourth-order valence-electron chi connectivity index (χ4n) is 3.26. The molecule has 1 amide bonds. The van der Waals surface area contributed by atoms with E-state index in [9.17, 15) is 9.90 Å². The number of aromatic hydroxyl groups is 1. The summed E-state index contributed by atoms with van der Waals surface area (Å²) in [4.78, 5) is 17.9. The molecule has 1 heterocycles. The van der Waals surface area contributed by atoms with Gasteiger partial charge in [0.1, 0.15) is 12.3 Å². The fraction of sp³-hybridized carbons (Fsp3) is 0.350. The second-order valence-electron chi connectivity index (χ2n) is 6.82. The molecule has 0 radical (unpaired) electrons. The number of anilines is 1. The normalized spacial score (nSPS) is 15.8. The van der Waals surface area contributed by atoms with E-state index in [2.05, 4.69) is 4.90 Å². The molecule has 0 aliphatic carbocycles. The number of phenolic OH excluding ortho intramolecular Hbond substituents is 1. The van der Waals surface area contributed by atoms with Crippen molar-refractivity contribution in [2.24, 2.45) is 0 Å². The third-order valence-electron chi connectivity index (χ3n) is 4.72. The molecule has 2 aromatic rings. The Bertz CT molecular complexity index is 726. The van der Waals surface area contributed by atoms with Crippen molar-refractivity contribution in [2.75, 3.05) is 44.7 Å². The maximum Gasteiger partial charge on any atom is 0.277 e. The molecule has 1 unspecified atom stereocenters. The second-order valence-corrected chi connectivity index (χ2v) is 7.26. The molecule has 1 aliphatic rings. The van der Waals surface area contributed by atoms with Gasteiger partial charge in [-0.2, -0.15) is 0 Å². The summed E-state index contributed by atoms with van der Waals surface area (Å²) in [5, 5.41) is 10.1. The van der Waals surface area contributed by atoms with E-state index in [-0.39, 0.29) is 11.7 Å². The average Bonchev–Trinajstić information content (AvgIpc) is 2.64. The van der Waals surface area contributed by atoms with Crippen molar-refractivity contribution in [3.63, 3.8) is 0 Å². The maximum atomic E-state index is 12.6. The Kier molecular flexibility index (Phi) is 6.01. The molecule has 1 fully saturated rings. The van der Waals surface area contributed by atoms with Gasteiger partial charge in [0.05, 0.1) is 7.05 Å². The number of amides is 1. The number of halogens is 1. The van der Waals surface area contributed by atoms with Crippen molar-refractivity contribution in [3.8, 4) is 5.75 Å². The number of quaternary nitrogens is 1. The molecule has 1 atom stereocenters. The number of piperazine rings is 1. The van der Waals surface area contributed by atoms with Crippen LogP contribution in [0.15, 0.2) is 48.5 Å². The molecule has 26 heavy (non-hydrogen) atoms. The minimum Gasteiger partial charge on any atom is -0.508 e. The lowest BCUT2D eigenvalue weighted by Crippen LogP contribution is -3.09. The minimum absolute atomic E-state index is 0.196. The van der Waals surface area contributed by atoms with E-state index < -0.39 is 0 Å². The molecule has 3 rings (SSSR count). The molecule has 1 aliphatic heterocycles. The molecule has 138 valence electrons. The number of nitrogens with zero attached hydrogens (tertiary/aromatic N) is 2. The quantitative estimate of drug-likeness (QED) is 0.832. The molecular weight excluding hydrogens is 350 g/mol. The van der Waals surface area contributed by atoms with Gasteiger partial charge < -0.3 is 19.8 Å². The molecule has 0 spiro atoms. The summed E-state index contributed by atoms with van der Waals surface area (Å²) in [7, 11) is 2.04. The smallest absolute Gasteiger partial charge is 0.277 e. The van der Waals surface area contributed by atoms with Crippen LogP contribution < -0.4 is 9.80 Å². The lowest BCUT2D eigenvalue weighted by Gasteiger charge is -2.36. The highest BCUT2D eigenvalue weighted by molar-refractivity contribution is 6.30. The molecular formula is C20H25ClN3O2+. The van der Waals surface area contributed by atoms with Crippen LogP contribution in [0.2, 0.25) is 5.02 Å². The zero-order valence-electron chi connectivity index (χ0n) is 15.0. The number of phenols is 1. The highest BCUT2D eigenvalue weighted by Gasteiger charge is 2.23. The van der Waals surface area contributed by atoms with E-state index >= 15 is 0 Å². The van der Waals surface area contributed by atoms with E-state index in [1.807, 2.05) is 48.3 Å². The standard InChI is InChI=1S/C20H24ClN3O2/c1-22(14-16-2-4-17(21)5-3-16)15-20(26)24-12-10-23(11-13-24)18-6-8-19(25)9-7-18/h2-9,25H,10-15H2,1H3/p+1. The van der Waals surface area contributed by atoms with Gasteiger partial charge in [-0.1, -0.05) is 23.7 Å². The van der Waals surface area contributed by atoms with Gasteiger partial charge in [-0.05, 0) is 36.4 Å². The van der Waals surface area contributed by atoms with Crippen LogP contribution in [0.3, 0.4) is 0 Å². The van der Waals surface area contributed by atoms with Crippen LogP contribution in [0.4, 0.5) is 5.69 Å². The lowest BCUT2D eigenvalue weighted by molar-refractivity contribution is -0.885. The summed E-state index contributed by atoms with van der Waals surface area (Å²) in [5.41, 5.74) is 2.26. The molecule has 0 bridgehead atoms. The predicted molar refractivity (Wildman–Crippen MR) is 104 cm³/mol. The van der Waals surface area contributed by atoms with Crippen LogP contribution in [0.5, 0.6) is 5.75 Å². The van der Waals surface area contributed by atoms with Gasteiger partial charge in [0.15, 0.2) is 6.54 Å². The Morgan fingerprint density at radius 1 is 1.04 bits per heavy atom. The molecule has 2 aromatic carbocycles. The minimum atomic E-state index is 0.196. The zero-order valence-corrected chi connectivity index (χ0v) is 15.7. The monoisotopic (exact) mass is 374 g/mol. The zero-order chi connectivity index (χ0) is 18.5. The molecule has 5 nitrogen and oxygen atoms in total. The number of hydrogen-bond donors (Lipinski definition) is 2. The molecule has 2 N–H and O–H groups in total. The predicted octanol–water partition coefficient (Wildman–Crippen LogP) is 1.41. The number of nitrogens with one attached hydrogen (secondary N) is 1. The summed E-state index contributed by atoms with van der Waals surface area (Å²) >= 11 is 5.91. The number of likely N-dealkylation sites (N-methyl/N-ethyl adjacent to an activating group) is 1. The van der Waals surface area contributed by atoms with Gasteiger partial charge in [0.25, 0.3) is 5.91 Å². The Hall–Kier alpha value is -2.24. The Morgan fingerprint density at radius 3 is 2.27 bits per heavy atom. The molecule has 0 aromatic heterocycles. The van der Waals surface area contributed by atoms with Crippen LogP contribution in [0, 0.1) is 0 Å². The van der Waals surface area contributed by atoms with Crippen molar-refractivity contribution in [2.45, 2.75) is 6.54 Å². The lowest BCUT2D eigenvalue weighted by atomic mass is 10.2. The van der Waals surface area contributed by atoms with E-state index in [1.165, 1.54) is 10.5 Å². The Labute approximate surface area is 159 Å². The topological polar surface area (TPSA) is 48.2 Å². The van der Waals surface area contributed by atoms with Gasteiger partial charge in [-0.25, -0.2) is 0 Å². The van der Waals surface area contributed by atoms with Crippen molar-refractivity contribution in [3.05, 3.63) is 59.1 Å². The van der Waals surface area contributed by atoms with E-state index in [0.29, 0.717) is 6.54 Å². The van der Waals surface area contributed by atoms with Gasteiger partial charge in [0.2, 0.25) is 0 Å². The number of carbonyl (C=O) groups is 1. The van der Waals surface area contributed by atoms with Crippen molar-refractivity contribution in [1.82, 2.24) is 4.90 Å². The SMILES string of the molecule is C[NH+](CC(=O)N1CCN(c2ccc(O)cc2)CC1)Cc1ccc(Cl)cc1. The van der Waals surface area contributed by atoms with E-state index in [1.54, 1.807) is 12.1 Å². The van der Waals surface area contributed by atoms with Crippen molar-refractivity contribution in [1.29, 1.82) is 0 Å². The third-order valence-corrected chi connectivity index (χ3v) is 4.97. The highest BCUT2D eigenvalue weighted by atomic mass is 35.5. The summed E-state index contributed by atoms with van der Waals surface area (Å²) in [6.45, 7) is 4.37. The molecule has 6 heteroatoms. The first kappa shape index (κ1) is 18.5. The fourth-order valence-corrected chi connectivity index (χ4v) is 3.39. The molecule has 0 saturated carbocycles. The summed E-state index contributed by atoms with van der Waals surface area (Å²) < 4.78 is 0. The van der Waals surface area contributed by atoms with E-state index in [0.717, 1.165) is 43.4 Å². The Morgan fingerprint density at radius 2 is 1.65 bits per heavy atom. The average molecular weight is 375 g/mol. The van der Waals surface area contributed by atoms with E-state index in [4.69, 9.17) is 11.6 Å². The van der Waals surface area contributed by atoms with Gasteiger partial charge in [-0.15, -0.1) is 0 Å². The first-order chi connectivity index (χ1) is 12.5. The van der Waals surface area contributed by atoms with Crippen LogP contribution in [-0.4, -0.2) is 55.7 Å². The largest absolute Gasteiger partial charge is 0.508 e. The Balaban J connectivity index is 1.47. The second kappa shape index (κ2) is 8.43. The van der Waals surface area contributed by atoms with Crippen LogP contribution >= 0.6 is 11.6 Å². The summed E-state index contributed by atoms with van der Waals surface area (Å²) in [6, 6.07) is 15.0. The number of hydrogen-bond acceptors (Lipinski definition) is 3. The van der Waals surface area contributed by atoms with Crippen molar-refractivity contribution < 1.29 is 14.8 Å².